The van der Waals surface area contributed by atoms with Crippen LogP contribution in [0.3, 0.4) is 0 Å². The van der Waals surface area contributed by atoms with E-state index in [4.69, 9.17) is 5.21 Å². The molecule has 0 rings (SSSR count). The monoisotopic (exact) mass is 181 g/mol. The molecule has 0 fully saturated rings. The van der Waals surface area contributed by atoms with Crippen molar-refractivity contribution in [3.05, 3.63) is 0 Å². The molecule has 30 valence electrons. The molecular formula is C2H7NOSn. The minimum absolute atomic E-state index is 0.752. The topological polar surface area (TPSA) is 23.5 Å². The van der Waals surface area contributed by atoms with Gasteiger partial charge < -0.3 is 0 Å². The van der Waals surface area contributed by atoms with Gasteiger partial charge in [-0.05, 0) is 0 Å². The van der Waals surface area contributed by atoms with Gasteiger partial charge in [0.25, 0.3) is 0 Å². The van der Waals surface area contributed by atoms with E-state index in [0.717, 1.165) is 29.3 Å². The molecule has 0 aromatic rings. The van der Waals surface area contributed by atoms with Gasteiger partial charge >= 0.3 is 44.8 Å². The van der Waals surface area contributed by atoms with Crippen LogP contribution in [-0.4, -0.2) is 37.8 Å². The predicted molar refractivity (Wildman–Crippen MR) is 21.3 cm³/mol. The van der Waals surface area contributed by atoms with Gasteiger partial charge in [0, 0.05) is 0 Å². The zero-order chi connectivity index (χ0) is 4.28. The summed E-state index contributed by atoms with van der Waals surface area (Å²) in [6.45, 7) is 2.66. The van der Waals surface area contributed by atoms with Gasteiger partial charge in [-0.25, -0.2) is 0 Å². The molecule has 0 saturated carbocycles. The molecule has 0 aliphatic carbocycles. The Kier molecular flexibility index (Phi) is 3.35. The van der Waals surface area contributed by atoms with Crippen molar-refractivity contribution in [1.29, 1.82) is 0 Å². The Labute approximate surface area is 45.2 Å². The van der Waals surface area contributed by atoms with Gasteiger partial charge in [0.05, 0.1) is 0 Å². The third-order valence-electron chi connectivity index (χ3n) is 0.324. The van der Waals surface area contributed by atoms with Crippen molar-refractivity contribution < 1.29 is 5.21 Å². The van der Waals surface area contributed by atoms with Crippen LogP contribution in [0.5, 0.6) is 0 Å². The van der Waals surface area contributed by atoms with Crippen molar-refractivity contribution in [2.75, 3.05) is 6.54 Å². The summed E-state index contributed by atoms with van der Waals surface area (Å²) < 4.78 is 1.25. The second-order valence-electron chi connectivity index (χ2n) is 0.756. The number of nitrogens with zero attached hydrogens (tertiary/aromatic N) is 1. The Morgan fingerprint density at radius 1 is 2.00 bits per heavy atom. The van der Waals surface area contributed by atoms with Crippen molar-refractivity contribution in [2.24, 2.45) is 0 Å². The summed E-state index contributed by atoms with van der Waals surface area (Å²) in [7, 11) is 0. The fourth-order valence-electron chi connectivity index (χ4n) is 0. The van der Waals surface area contributed by atoms with Crippen LogP contribution in [0.4, 0.5) is 0 Å². The molecule has 2 radical (unpaired) electrons. The molecule has 0 atom stereocenters. The molecule has 1 N–H and O–H groups in total. The van der Waals surface area contributed by atoms with Crippen LogP contribution < -0.4 is 0 Å². The van der Waals surface area contributed by atoms with Crippen LogP contribution in [0.2, 0.25) is 0 Å². The summed E-state index contributed by atoms with van der Waals surface area (Å²) in [5.74, 6) is 0. The van der Waals surface area contributed by atoms with Crippen molar-refractivity contribution in [2.45, 2.75) is 6.92 Å². The van der Waals surface area contributed by atoms with E-state index in [9.17, 15) is 0 Å². The summed E-state index contributed by atoms with van der Waals surface area (Å²) in [6, 6.07) is 0. The first-order valence-electron chi connectivity index (χ1n) is 1.48. The van der Waals surface area contributed by atoms with Gasteiger partial charge in [0.2, 0.25) is 0 Å². The van der Waals surface area contributed by atoms with E-state index in [1.807, 2.05) is 6.92 Å². The fourth-order valence-corrected chi connectivity index (χ4v) is 0. The van der Waals surface area contributed by atoms with Crippen LogP contribution in [0.1, 0.15) is 6.92 Å². The van der Waals surface area contributed by atoms with E-state index in [1.165, 1.54) is 3.28 Å². The van der Waals surface area contributed by atoms with Crippen LogP contribution in [-0.2, 0) is 0 Å². The first-order chi connectivity index (χ1) is 2.27. The maximum atomic E-state index is 8.25. The predicted octanol–water partition coefficient (Wildman–Crippen LogP) is -0.487. The summed E-state index contributed by atoms with van der Waals surface area (Å²) in [5, 5.41) is 8.25. The molecule has 3 heteroatoms. The van der Waals surface area contributed by atoms with Crippen LogP contribution >= 0.6 is 0 Å². The third kappa shape index (κ3) is 4.72. The van der Waals surface area contributed by atoms with Crippen molar-refractivity contribution >= 4 is 22.8 Å². The fraction of sp³-hybridized carbons (Fsp3) is 1.00. The van der Waals surface area contributed by atoms with Crippen molar-refractivity contribution in [3.63, 3.8) is 0 Å². The average molecular weight is 180 g/mol. The van der Waals surface area contributed by atoms with Crippen molar-refractivity contribution in [3.8, 4) is 0 Å². The standard InChI is InChI=1S/C2H6NO.Sn.H/c1-2-3-4;;/h4H,2H2,1H3;;/q-1;+1;. The molecule has 0 aromatic heterocycles. The summed E-state index contributed by atoms with van der Waals surface area (Å²) in [5.41, 5.74) is 0. The Hall–Kier alpha value is 0.719. The molecule has 2 nitrogen and oxygen atoms in total. The molecule has 0 bridgehead atoms. The van der Waals surface area contributed by atoms with E-state index in [0.29, 0.717) is 0 Å². The van der Waals surface area contributed by atoms with Gasteiger partial charge in [-0.3, -0.25) is 0 Å². The summed E-state index contributed by atoms with van der Waals surface area (Å²) >= 11 is 0.813. The molecule has 5 heavy (non-hydrogen) atoms. The molecule has 0 heterocycles. The van der Waals surface area contributed by atoms with Crippen LogP contribution in [0.15, 0.2) is 0 Å². The van der Waals surface area contributed by atoms with Gasteiger partial charge in [-0.2, -0.15) is 0 Å². The summed E-state index contributed by atoms with van der Waals surface area (Å²) in [6.07, 6.45) is 0. The Bertz CT molecular complexity index is 23.6. The number of hydrogen-bond donors (Lipinski definition) is 1. The molecule has 0 saturated heterocycles. The van der Waals surface area contributed by atoms with Gasteiger partial charge in [0.15, 0.2) is 0 Å². The van der Waals surface area contributed by atoms with E-state index in [-0.39, 0.29) is 0 Å². The first-order valence-corrected chi connectivity index (χ1v) is 2.96. The number of hydrogen-bond acceptors (Lipinski definition) is 2. The molecule has 0 aliphatic rings. The van der Waals surface area contributed by atoms with E-state index >= 15 is 0 Å². The third-order valence-corrected chi connectivity index (χ3v) is 1.37. The Morgan fingerprint density at radius 2 is 2.20 bits per heavy atom. The molecule has 0 spiro atoms. The second-order valence-corrected chi connectivity index (χ2v) is 2.46. The number of hydroxylamine groups is 1. The van der Waals surface area contributed by atoms with Crippen LogP contribution in [0, 0.1) is 0 Å². The normalized spacial score (nSPS) is 9.60. The number of rotatable bonds is 1. The van der Waals surface area contributed by atoms with Gasteiger partial charge in [-0.1, -0.05) is 0 Å². The molecule has 0 aromatic carbocycles. The molecule has 0 unspecified atom stereocenters. The molecule has 0 amide bonds. The second kappa shape index (κ2) is 2.93. The Morgan fingerprint density at radius 3 is 2.20 bits per heavy atom. The SMILES string of the molecule is CC[N](O)[SnH]. The van der Waals surface area contributed by atoms with E-state index < -0.39 is 0 Å². The van der Waals surface area contributed by atoms with Gasteiger partial charge in [-0.15, -0.1) is 0 Å². The zero-order valence-electron chi connectivity index (χ0n) is 3.18. The average Bonchev–Trinajstić information content (AvgIpc) is 1.38. The van der Waals surface area contributed by atoms with E-state index in [1.54, 1.807) is 0 Å². The molecule has 0 aliphatic heterocycles. The van der Waals surface area contributed by atoms with Crippen LogP contribution in [0.25, 0.3) is 0 Å². The minimum atomic E-state index is 0.752. The van der Waals surface area contributed by atoms with Gasteiger partial charge in [0.1, 0.15) is 0 Å². The maximum absolute atomic E-state index is 8.25. The Balaban J connectivity index is 2.54. The first kappa shape index (κ1) is 5.72. The molecular weight excluding hydrogens is 173 g/mol. The quantitative estimate of drug-likeness (QED) is 0.434. The van der Waals surface area contributed by atoms with Crippen molar-refractivity contribution in [1.82, 2.24) is 3.28 Å². The van der Waals surface area contributed by atoms with E-state index in [2.05, 4.69) is 0 Å². The summed E-state index contributed by atoms with van der Waals surface area (Å²) in [4.78, 5) is 0. The zero-order valence-corrected chi connectivity index (χ0v) is 6.47.